The van der Waals surface area contributed by atoms with E-state index in [-0.39, 0.29) is 5.91 Å². The second-order valence-corrected chi connectivity index (χ2v) is 6.04. The summed E-state index contributed by atoms with van der Waals surface area (Å²) in [5.41, 5.74) is 0. The van der Waals surface area contributed by atoms with E-state index in [2.05, 4.69) is 22.5 Å². The van der Waals surface area contributed by atoms with Crippen LogP contribution in [0.1, 0.15) is 45.4 Å². The molecule has 2 aliphatic rings. The largest absolute Gasteiger partial charge is 0.355 e. The number of likely N-dealkylation sites (tertiary alicyclic amines) is 1. The van der Waals surface area contributed by atoms with Gasteiger partial charge in [0.05, 0.1) is 6.54 Å². The third-order valence-corrected chi connectivity index (χ3v) is 4.65. The van der Waals surface area contributed by atoms with E-state index in [9.17, 15) is 4.79 Å². The van der Waals surface area contributed by atoms with E-state index in [1.54, 1.807) is 0 Å². The van der Waals surface area contributed by atoms with E-state index in [1.807, 2.05) is 0 Å². The first-order valence-corrected chi connectivity index (χ1v) is 8.00. The van der Waals surface area contributed by atoms with Crippen LogP contribution in [0.2, 0.25) is 0 Å². The van der Waals surface area contributed by atoms with Crippen molar-refractivity contribution in [2.75, 3.05) is 32.7 Å². The Morgan fingerprint density at radius 1 is 1.16 bits per heavy atom. The zero-order valence-electron chi connectivity index (χ0n) is 12.3. The molecule has 0 atom stereocenters. The van der Waals surface area contributed by atoms with Crippen LogP contribution in [0.5, 0.6) is 0 Å². The molecule has 2 rings (SSSR count). The van der Waals surface area contributed by atoms with Crippen LogP contribution in [0.15, 0.2) is 0 Å². The number of carbonyl (C=O) groups excluding carboxylic acids is 1. The first kappa shape index (κ1) is 14.8. The minimum absolute atomic E-state index is 0.171. The number of hydrogen-bond donors (Lipinski definition) is 2. The van der Waals surface area contributed by atoms with Crippen molar-refractivity contribution in [2.24, 2.45) is 5.92 Å². The molecule has 1 saturated heterocycles. The van der Waals surface area contributed by atoms with Gasteiger partial charge >= 0.3 is 0 Å². The zero-order valence-corrected chi connectivity index (χ0v) is 12.3. The second-order valence-electron chi connectivity index (χ2n) is 6.04. The summed E-state index contributed by atoms with van der Waals surface area (Å²) in [6.07, 6.45) is 7.56. The molecule has 110 valence electrons. The third kappa shape index (κ3) is 5.11. The number of amides is 1. The van der Waals surface area contributed by atoms with Gasteiger partial charge in [0.25, 0.3) is 0 Å². The van der Waals surface area contributed by atoms with Gasteiger partial charge < -0.3 is 15.5 Å². The fourth-order valence-electron chi connectivity index (χ4n) is 3.19. The zero-order chi connectivity index (χ0) is 13.5. The average molecular weight is 267 g/mol. The first-order valence-electron chi connectivity index (χ1n) is 8.00. The molecule has 0 aromatic carbocycles. The highest BCUT2D eigenvalue weighted by Gasteiger charge is 2.19. The molecular weight excluding hydrogens is 238 g/mol. The lowest BCUT2D eigenvalue weighted by atomic mass is 9.97. The average Bonchev–Trinajstić information content (AvgIpc) is 2.96. The molecule has 1 saturated carbocycles. The Labute approximate surface area is 117 Å². The van der Waals surface area contributed by atoms with Crippen LogP contribution in [-0.4, -0.2) is 49.6 Å². The van der Waals surface area contributed by atoms with Crippen LogP contribution >= 0.6 is 0 Å². The van der Waals surface area contributed by atoms with Crippen molar-refractivity contribution in [1.29, 1.82) is 0 Å². The van der Waals surface area contributed by atoms with Crippen molar-refractivity contribution in [2.45, 2.75) is 51.5 Å². The van der Waals surface area contributed by atoms with Gasteiger partial charge in [-0.2, -0.15) is 0 Å². The van der Waals surface area contributed by atoms with Crippen LogP contribution in [0.3, 0.4) is 0 Å². The summed E-state index contributed by atoms with van der Waals surface area (Å²) in [5, 5.41) is 6.45. The Morgan fingerprint density at radius 2 is 1.84 bits per heavy atom. The summed E-state index contributed by atoms with van der Waals surface area (Å²) in [4.78, 5) is 14.3. The van der Waals surface area contributed by atoms with E-state index in [0.29, 0.717) is 18.5 Å². The van der Waals surface area contributed by atoms with Crippen LogP contribution < -0.4 is 10.6 Å². The molecule has 0 radical (unpaired) electrons. The highest BCUT2D eigenvalue weighted by atomic mass is 16.1. The number of nitrogens with one attached hydrogen (secondary N) is 2. The topological polar surface area (TPSA) is 44.4 Å². The summed E-state index contributed by atoms with van der Waals surface area (Å²) < 4.78 is 0. The van der Waals surface area contributed by atoms with Crippen molar-refractivity contribution >= 4 is 5.91 Å². The molecule has 1 aliphatic carbocycles. The maximum absolute atomic E-state index is 11.8. The van der Waals surface area contributed by atoms with Crippen molar-refractivity contribution < 1.29 is 4.79 Å². The fourth-order valence-corrected chi connectivity index (χ4v) is 3.19. The van der Waals surface area contributed by atoms with Gasteiger partial charge in [-0.3, -0.25) is 4.79 Å². The van der Waals surface area contributed by atoms with Gasteiger partial charge in [-0.1, -0.05) is 19.8 Å². The van der Waals surface area contributed by atoms with Gasteiger partial charge in [-0.25, -0.2) is 0 Å². The molecule has 4 nitrogen and oxygen atoms in total. The molecule has 2 N–H and O–H groups in total. The molecule has 2 fully saturated rings. The Morgan fingerprint density at radius 3 is 2.47 bits per heavy atom. The third-order valence-electron chi connectivity index (χ3n) is 4.65. The number of carbonyl (C=O) groups is 1. The SMILES string of the molecule is CCN1CCC(CNC(=O)CNC2CCCC2)CC1. The van der Waals surface area contributed by atoms with Crippen LogP contribution in [-0.2, 0) is 4.79 Å². The minimum Gasteiger partial charge on any atom is -0.355 e. The number of nitrogens with zero attached hydrogens (tertiary/aromatic N) is 1. The minimum atomic E-state index is 0.171. The molecule has 4 heteroatoms. The van der Waals surface area contributed by atoms with Gasteiger partial charge in [-0.05, 0) is 51.2 Å². The van der Waals surface area contributed by atoms with E-state index < -0.39 is 0 Å². The highest BCUT2D eigenvalue weighted by molar-refractivity contribution is 5.78. The van der Waals surface area contributed by atoms with E-state index >= 15 is 0 Å². The molecule has 19 heavy (non-hydrogen) atoms. The van der Waals surface area contributed by atoms with E-state index in [4.69, 9.17) is 0 Å². The quantitative estimate of drug-likeness (QED) is 0.764. The summed E-state index contributed by atoms with van der Waals surface area (Å²) in [6, 6.07) is 0.582. The molecule has 0 aromatic heterocycles. The first-order chi connectivity index (χ1) is 9.28. The van der Waals surface area contributed by atoms with Gasteiger partial charge in [-0.15, -0.1) is 0 Å². The number of rotatable bonds is 6. The maximum atomic E-state index is 11.8. The van der Waals surface area contributed by atoms with Crippen LogP contribution in [0.25, 0.3) is 0 Å². The summed E-state index contributed by atoms with van der Waals surface area (Å²) in [7, 11) is 0. The van der Waals surface area contributed by atoms with Crippen LogP contribution in [0.4, 0.5) is 0 Å². The molecule has 1 heterocycles. The fraction of sp³-hybridized carbons (Fsp3) is 0.933. The van der Waals surface area contributed by atoms with E-state index in [0.717, 1.165) is 13.1 Å². The highest BCUT2D eigenvalue weighted by Crippen LogP contribution is 2.17. The Bertz CT molecular complexity index is 269. The lowest BCUT2D eigenvalue weighted by Crippen LogP contribution is -2.42. The lowest BCUT2D eigenvalue weighted by Gasteiger charge is -2.31. The van der Waals surface area contributed by atoms with Gasteiger partial charge in [0.1, 0.15) is 0 Å². The van der Waals surface area contributed by atoms with Crippen molar-refractivity contribution in [3.05, 3.63) is 0 Å². The summed E-state index contributed by atoms with van der Waals surface area (Å²) >= 11 is 0. The molecule has 0 spiro atoms. The molecule has 0 aromatic rings. The molecule has 0 bridgehead atoms. The maximum Gasteiger partial charge on any atom is 0.233 e. The van der Waals surface area contributed by atoms with Gasteiger partial charge in [0, 0.05) is 12.6 Å². The van der Waals surface area contributed by atoms with Gasteiger partial charge in [0.2, 0.25) is 5.91 Å². The lowest BCUT2D eigenvalue weighted by molar-refractivity contribution is -0.120. The summed E-state index contributed by atoms with van der Waals surface area (Å²) in [5.74, 6) is 0.850. The Balaban J connectivity index is 1.53. The monoisotopic (exact) mass is 267 g/mol. The normalized spacial score (nSPS) is 22.8. The van der Waals surface area contributed by atoms with Crippen LogP contribution in [0, 0.1) is 5.92 Å². The van der Waals surface area contributed by atoms with Crippen molar-refractivity contribution in [3.63, 3.8) is 0 Å². The number of piperidine rings is 1. The molecule has 1 amide bonds. The second kappa shape index (κ2) is 7.85. The predicted octanol–water partition coefficient (Wildman–Crippen LogP) is 1.37. The van der Waals surface area contributed by atoms with E-state index in [1.165, 1.54) is 51.6 Å². The molecular formula is C15H29N3O. The Hall–Kier alpha value is -0.610. The van der Waals surface area contributed by atoms with Crippen molar-refractivity contribution in [3.8, 4) is 0 Å². The predicted molar refractivity (Wildman–Crippen MR) is 78.1 cm³/mol. The summed E-state index contributed by atoms with van der Waals surface area (Å²) in [6.45, 7) is 7.12. The number of hydrogen-bond acceptors (Lipinski definition) is 3. The standard InChI is InChI=1S/C15H29N3O/c1-2-18-9-7-13(8-10-18)11-17-15(19)12-16-14-5-3-4-6-14/h13-14,16H,2-12H2,1H3,(H,17,19). The molecule has 1 aliphatic heterocycles. The molecule has 0 unspecified atom stereocenters. The van der Waals surface area contributed by atoms with Gasteiger partial charge in [0.15, 0.2) is 0 Å². The van der Waals surface area contributed by atoms with Crippen molar-refractivity contribution in [1.82, 2.24) is 15.5 Å². The Kier molecular flexibility index (Phi) is 6.11. The smallest absolute Gasteiger partial charge is 0.233 e.